The van der Waals surface area contributed by atoms with Crippen LogP contribution in [0.2, 0.25) is 0 Å². The average Bonchev–Trinajstić information content (AvgIpc) is 2.39. The number of hydrogen-bond donors (Lipinski definition) is 1. The molecule has 1 aromatic carbocycles. The van der Waals surface area contributed by atoms with Crippen LogP contribution in [0.3, 0.4) is 0 Å². The van der Waals surface area contributed by atoms with E-state index in [1.54, 1.807) is 0 Å². The van der Waals surface area contributed by atoms with Crippen molar-refractivity contribution in [1.29, 1.82) is 0 Å². The van der Waals surface area contributed by atoms with Crippen LogP contribution in [-0.2, 0) is 0 Å². The average molecular weight is 285 g/mol. The summed E-state index contributed by atoms with van der Waals surface area (Å²) in [6.07, 6.45) is -1.96. The highest BCUT2D eigenvalue weighted by atomic mass is 19.4. The van der Waals surface area contributed by atoms with E-state index in [1.807, 2.05) is 0 Å². The van der Waals surface area contributed by atoms with Gasteiger partial charge in [-0.25, -0.2) is 0 Å². The summed E-state index contributed by atoms with van der Waals surface area (Å²) in [5.41, 5.74) is 0.568. The Morgan fingerprint density at radius 2 is 1.90 bits per heavy atom. The van der Waals surface area contributed by atoms with Gasteiger partial charge in [-0.2, -0.15) is 0 Å². The van der Waals surface area contributed by atoms with Gasteiger partial charge in [0, 0.05) is 17.3 Å². The Bertz CT molecular complexity index is 614. The summed E-state index contributed by atoms with van der Waals surface area (Å²) in [5, 5.41) is 9.79. The number of phenolic OH excluding ortho intramolecular Hbond substituents is 1. The number of ether oxygens (including phenoxy) is 2. The highest BCUT2D eigenvalue weighted by molar-refractivity contribution is 5.76. The lowest BCUT2D eigenvalue weighted by atomic mass is 10.0. The SMILES string of the molecule is COc1cnccc1-c1cc(OC(F)(F)F)ccc1O. The number of nitrogens with zero attached hydrogens (tertiary/aromatic N) is 1. The topological polar surface area (TPSA) is 51.6 Å². The molecule has 20 heavy (non-hydrogen) atoms. The van der Waals surface area contributed by atoms with Crippen molar-refractivity contribution >= 4 is 0 Å². The van der Waals surface area contributed by atoms with Crippen LogP contribution in [0, 0.1) is 0 Å². The molecule has 2 aromatic rings. The van der Waals surface area contributed by atoms with Crippen molar-refractivity contribution in [2.45, 2.75) is 6.36 Å². The molecule has 0 unspecified atom stereocenters. The molecule has 0 aliphatic heterocycles. The van der Waals surface area contributed by atoms with Crippen LogP contribution >= 0.6 is 0 Å². The Balaban J connectivity index is 2.48. The lowest BCUT2D eigenvalue weighted by Crippen LogP contribution is -2.17. The Hall–Kier alpha value is -2.44. The summed E-state index contributed by atoms with van der Waals surface area (Å²) in [6.45, 7) is 0. The predicted molar refractivity (Wildman–Crippen MR) is 64.6 cm³/mol. The Morgan fingerprint density at radius 1 is 1.15 bits per heavy atom. The van der Waals surface area contributed by atoms with Crippen molar-refractivity contribution in [3.05, 3.63) is 36.7 Å². The fourth-order valence-corrected chi connectivity index (χ4v) is 1.69. The first-order valence-electron chi connectivity index (χ1n) is 5.48. The van der Waals surface area contributed by atoms with Crippen LogP contribution in [0.25, 0.3) is 11.1 Å². The Kier molecular flexibility index (Phi) is 3.69. The Morgan fingerprint density at radius 3 is 2.55 bits per heavy atom. The number of rotatable bonds is 3. The van der Waals surface area contributed by atoms with Crippen molar-refractivity contribution in [2.24, 2.45) is 0 Å². The third-order valence-corrected chi connectivity index (χ3v) is 2.50. The number of alkyl halides is 3. The van der Waals surface area contributed by atoms with E-state index in [4.69, 9.17) is 4.74 Å². The summed E-state index contributed by atoms with van der Waals surface area (Å²) < 4.78 is 45.5. The summed E-state index contributed by atoms with van der Waals surface area (Å²) in [6, 6.07) is 4.75. The molecule has 2 rings (SSSR count). The van der Waals surface area contributed by atoms with Crippen LogP contribution < -0.4 is 9.47 Å². The molecule has 1 heterocycles. The fourth-order valence-electron chi connectivity index (χ4n) is 1.69. The molecule has 0 fully saturated rings. The summed E-state index contributed by atoms with van der Waals surface area (Å²) >= 11 is 0. The number of hydrogen-bond acceptors (Lipinski definition) is 4. The third kappa shape index (κ3) is 3.11. The van der Waals surface area contributed by atoms with Gasteiger partial charge in [0.05, 0.1) is 13.3 Å². The first kappa shape index (κ1) is 14.0. The van der Waals surface area contributed by atoms with Gasteiger partial charge in [-0.1, -0.05) is 0 Å². The molecule has 106 valence electrons. The molecular formula is C13H10F3NO3. The number of halogens is 3. The zero-order valence-corrected chi connectivity index (χ0v) is 10.3. The second-order valence-electron chi connectivity index (χ2n) is 3.80. The molecule has 0 aliphatic carbocycles. The second-order valence-corrected chi connectivity index (χ2v) is 3.80. The molecule has 0 spiro atoms. The van der Waals surface area contributed by atoms with E-state index in [0.29, 0.717) is 11.3 Å². The first-order valence-corrected chi connectivity index (χ1v) is 5.48. The van der Waals surface area contributed by atoms with E-state index in [2.05, 4.69) is 9.72 Å². The van der Waals surface area contributed by atoms with Gasteiger partial charge >= 0.3 is 6.36 Å². The zero-order valence-electron chi connectivity index (χ0n) is 10.3. The van der Waals surface area contributed by atoms with E-state index >= 15 is 0 Å². The molecule has 4 nitrogen and oxygen atoms in total. The third-order valence-electron chi connectivity index (χ3n) is 2.50. The largest absolute Gasteiger partial charge is 0.573 e. The highest BCUT2D eigenvalue weighted by Gasteiger charge is 2.31. The highest BCUT2D eigenvalue weighted by Crippen LogP contribution is 2.38. The summed E-state index contributed by atoms with van der Waals surface area (Å²) in [4.78, 5) is 3.84. The number of benzene rings is 1. The van der Waals surface area contributed by atoms with Gasteiger partial charge in [-0.3, -0.25) is 4.98 Å². The molecule has 0 atom stereocenters. The van der Waals surface area contributed by atoms with Crippen molar-refractivity contribution < 1.29 is 27.8 Å². The minimum Gasteiger partial charge on any atom is -0.507 e. The molecule has 0 saturated heterocycles. The van der Waals surface area contributed by atoms with Crippen LogP contribution in [0.1, 0.15) is 0 Å². The fraction of sp³-hybridized carbons (Fsp3) is 0.154. The predicted octanol–water partition coefficient (Wildman–Crippen LogP) is 3.36. The summed E-state index contributed by atoms with van der Waals surface area (Å²) in [5.74, 6) is -0.292. The molecule has 7 heteroatoms. The van der Waals surface area contributed by atoms with Crippen molar-refractivity contribution in [3.63, 3.8) is 0 Å². The van der Waals surface area contributed by atoms with Crippen molar-refractivity contribution in [3.8, 4) is 28.4 Å². The van der Waals surface area contributed by atoms with Gasteiger partial charge in [-0.15, -0.1) is 13.2 Å². The maximum atomic E-state index is 12.2. The number of aromatic hydroxyl groups is 1. The van der Waals surface area contributed by atoms with Crippen LogP contribution in [0.15, 0.2) is 36.7 Å². The number of aromatic nitrogens is 1. The minimum absolute atomic E-state index is 0.158. The molecule has 0 saturated carbocycles. The van der Waals surface area contributed by atoms with Gasteiger partial charge in [0.1, 0.15) is 17.2 Å². The van der Waals surface area contributed by atoms with Gasteiger partial charge in [0.2, 0.25) is 0 Å². The maximum Gasteiger partial charge on any atom is 0.573 e. The first-order chi connectivity index (χ1) is 9.40. The molecular weight excluding hydrogens is 275 g/mol. The van der Waals surface area contributed by atoms with E-state index in [1.165, 1.54) is 25.6 Å². The Labute approximate surface area is 112 Å². The lowest BCUT2D eigenvalue weighted by Gasteiger charge is -2.13. The number of pyridine rings is 1. The molecule has 0 bridgehead atoms. The van der Waals surface area contributed by atoms with Crippen LogP contribution in [0.5, 0.6) is 17.2 Å². The lowest BCUT2D eigenvalue weighted by molar-refractivity contribution is -0.274. The van der Waals surface area contributed by atoms with Gasteiger partial charge in [0.25, 0.3) is 0 Å². The molecule has 1 aromatic heterocycles. The molecule has 0 aliphatic rings. The number of phenols is 1. The van der Waals surface area contributed by atoms with Crippen molar-refractivity contribution in [1.82, 2.24) is 4.98 Å². The van der Waals surface area contributed by atoms with Gasteiger partial charge in [0.15, 0.2) is 0 Å². The minimum atomic E-state index is -4.80. The van der Waals surface area contributed by atoms with Crippen molar-refractivity contribution in [2.75, 3.05) is 7.11 Å². The van der Waals surface area contributed by atoms with E-state index in [0.717, 1.165) is 18.2 Å². The maximum absolute atomic E-state index is 12.2. The molecule has 0 radical (unpaired) electrons. The van der Waals surface area contributed by atoms with Crippen LogP contribution in [-0.4, -0.2) is 23.6 Å². The van der Waals surface area contributed by atoms with Gasteiger partial charge in [-0.05, 0) is 24.3 Å². The van der Waals surface area contributed by atoms with Crippen LogP contribution in [0.4, 0.5) is 13.2 Å². The zero-order chi connectivity index (χ0) is 14.8. The van der Waals surface area contributed by atoms with E-state index in [-0.39, 0.29) is 11.3 Å². The van der Waals surface area contributed by atoms with E-state index in [9.17, 15) is 18.3 Å². The molecule has 0 amide bonds. The summed E-state index contributed by atoms with van der Waals surface area (Å²) in [7, 11) is 1.40. The second kappa shape index (κ2) is 5.28. The molecule has 1 N–H and O–H groups in total. The number of methoxy groups -OCH3 is 1. The van der Waals surface area contributed by atoms with Gasteiger partial charge < -0.3 is 14.6 Å². The normalized spacial score (nSPS) is 11.2. The standard InChI is InChI=1S/C13H10F3NO3/c1-19-12-7-17-5-4-9(12)10-6-8(2-3-11(10)18)20-13(14,15)16/h2-7,18H,1H3. The van der Waals surface area contributed by atoms with E-state index < -0.39 is 12.1 Å². The smallest absolute Gasteiger partial charge is 0.507 e. The quantitative estimate of drug-likeness (QED) is 0.939. The monoisotopic (exact) mass is 285 g/mol.